The molecule has 0 amide bonds. The molecular formula is C12H19N3. The summed E-state index contributed by atoms with van der Waals surface area (Å²) in [6.07, 6.45) is 7.55. The van der Waals surface area contributed by atoms with Gasteiger partial charge in [-0.3, -0.25) is 4.98 Å². The summed E-state index contributed by atoms with van der Waals surface area (Å²) in [5.41, 5.74) is 1.29. The minimum atomic E-state index is 0.425. The second-order valence-electron chi connectivity index (χ2n) is 4.16. The van der Waals surface area contributed by atoms with Gasteiger partial charge in [-0.15, -0.1) is 0 Å². The molecule has 1 aliphatic rings. The van der Waals surface area contributed by atoms with Crippen LogP contribution in [0.25, 0.3) is 0 Å². The van der Waals surface area contributed by atoms with Crippen molar-refractivity contribution < 1.29 is 0 Å². The van der Waals surface area contributed by atoms with Crippen molar-refractivity contribution in [2.45, 2.75) is 31.3 Å². The molecule has 1 aliphatic heterocycles. The molecule has 0 radical (unpaired) electrons. The van der Waals surface area contributed by atoms with E-state index in [4.69, 9.17) is 0 Å². The summed E-state index contributed by atoms with van der Waals surface area (Å²) in [6, 6.07) is 5.24. The van der Waals surface area contributed by atoms with Crippen molar-refractivity contribution in [1.82, 2.24) is 15.6 Å². The maximum atomic E-state index is 4.17. The number of nitrogens with one attached hydrogen (secondary N) is 2. The van der Waals surface area contributed by atoms with Crippen LogP contribution in [-0.4, -0.2) is 24.6 Å². The lowest BCUT2D eigenvalue weighted by atomic mass is 10.00. The van der Waals surface area contributed by atoms with Crippen LogP contribution in [0, 0.1) is 0 Å². The Morgan fingerprint density at radius 2 is 2.60 bits per heavy atom. The zero-order valence-electron chi connectivity index (χ0n) is 9.24. The Hall–Kier alpha value is -0.930. The Labute approximate surface area is 91.3 Å². The largest absolute Gasteiger partial charge is 0.314 e. The van der Waals surface area contributed by atoms with Gasteiger partial charge in [-0.2, -0.15) is 0 Å². The molecule has 15 heavy (non-hydrogen) atoms. The summed E-state index contributed by atoms with van der Waals surface area (Å²) in [5, 5.41) is 6.90. The maximum Gasteiger partial charge on any atom is 0.0347 e. The summed E-state index contributed by atoms with van der Waals surface area (Å²) in [5.74, 6) is 0. The minimum absolute atomic E-state index is 0.425. The fourth-order valence-corrected chi connectivity index (χ4v) is 2.25. The van der Waals surface area contributed by atoms with Crippen LogP contribution in [0.15, 0.2) is 24.5 Å². The third-order valence-corrected chi connectivity index (χ3v) is 3.12. The molecule has 3 nitrogen and oxygen atoms in total. The van der Waals surface area contributed by atoms with Crippen molar-refractivity contribution in [3.8, 4) is 0 Å². The lowest BCUT2D eigenvalue weighted by molar-refractivity contribution is 0.453. The van der Waals surface area contributed by atoms with Gasteiger partial charge in [-0.25, -0.2) is 0 Å². The van der Waals surface area contributed by atoms with Crippen LogP contribution < -0.4 is 10.6 Å². The van der Waals surface area contributed by atoms with Gasteiger partial charge in [0, 0.05) is 24.5 Å². The minimum Gasteiger partial charge on any atom is -0.314 e. The third kappa shape index (κ3) is 2.76. The Bertz CT molecular complexity index is 280. The Morgan fingerprint density at radius 3 is 3.20 bits per heavy atom. The zero-order chi connectivity index (χ0) is 10.5. The van der Waals surface area contributed by atoms with E-state index in [1.54, 1.807) is 0 Å². The first-order valence-electron chi connectivity index (χ1n) is 5.70. The van der Waals surface area contributed by atoms with E-state index in [2.05, 4.69) is 21.7 Å². The third-order valence-electron chi connectivity index (χ3n) is 3.12. The zero-order valence-corrected chi connectivity index (χ0v) is 9.24. The van der Waals surface area contributed by atoms with E-state index in [1.165, 1.54) is 24.9 Å². The van der Waals surface area contributed by atoms with Crippen molar-refractivity contribution in [3.05, 3.63) is 30.1 Å². The normalized spacial score (nSPS) is 22.9. The lowest BCUT2D eigenvalue weighted by Crippen LogP contribution is -2.28. The summed E-state index contributed by atoms with van der Waals surface area (Å²) >= 11 is 0. The smallest absolute Gasteiger partial charge is 0.0347 e. The van der Waals surface area contributed by atoms with Crippen LogP contribution >= 0.6 is 0 Å². The molecule has 2 atom stereocenters. The second-order valence-corrected chi connectivity index (χ2v) is 4.16. The number of pyridine rings is 1. The molecule has 3 heteroatoms. The van der Waals surface area contributed by atoms with Gasteiger partial charge in [0.15, 0.2) is 0 Å². The molecule has 0 saturated carbocycles. The number of hydrogen-bond donors (Lipinski definition) is 2. The molecule has 2 rings (SSSR count). The van der Waals surface area contributed by atoms with E-state index in [1.807, 2.05) is 25.5 Å². The predicted octanol–water partition coefficient (Wildman–Crippen LogP) is 1.48. The van der Waals surface area contributed by atoms with Gasteiger partial charge in [-0.05, 0) is 44.5 Å². The number of rotatable bonds is 4. The van der Waals surface area contributed by atoms with E-state index in [0.717, 1.165) is 6.42 Å². The first-order chi connectivity index (χ1) is 7.40. The fourth-order valence-electron chi connectivity index (χ4n) is 2.25. The van der Waals surface area contributed by atoms with E-state index in [0.29, 0.717) is 12.1 Å². The summed E-state index contributed by atoms with van der Waals surface area (Å²) < 4.78 is 0. The molecule has 1 aromatic rings. The van der Waals surface area contributed by atoms with Gasteiger partial charge in [0.2, 0.25) is 0 Å². The summed E-state index contributed by atoms with van der Waals surface area (Å²) in [7, 11) is 2.02. The van der Waals surface area contributed by atoms with Crippen LogP contribution in [0.4, 0.5) is 0 Å². The summed E-state index contributed by atoms with van der Waals surface area (Å²) in [6.45, 7) is 1.17. The van der Waals surface area contributed by atoms with Gasteiger partial charge in [0.05, 0.1) is 0 Å². The van der Waals surface area contributed by atoms with Crippen molar-refractivity contribution in [2.75, 3.05) is 13.6 Å². The molecular weight excluding hydrogens is 186 g/mol. The highest BCUT2D eigenvalue weighted by Gasteiger charge is 2.19. The van der Waals surface area contributed by atoms with Gasteiger partial charge in [0.1, 0.15) is 0 Å². The number of aromatic nitrogens is 1. The molecule has 0 aliphatic carbocycles. The summed E-state index contributed by atoms with van der Waals surface area (Å²) in [4.78, 5) is 4.17. The second kappa shape index (κ2) is 5.24. The van der Waals surface area contributed by atoms with Crippen molar-refractivity contribution in [1.29, 1.82) is 0 Å². The Balaban J connectivity index is 1.97. The average Bonchev–Trinajstić information content (AvgIpc) is 2.80. The van der Waals surface area contributed by atoms with Gasteiger partial charge < -0.3 is 10.6 Å². The van der Waals surface area contributed by atoms with Crippen molar-refractivity contribution in [2.24, 2.45) is 0 Å². The molecule has 2 unspecified atom stereocenters. The molecule has 1 fully saturated rings. The first-order valence-corrected chi connectivity index (χ1v) is 5.70. The molecule has 82 valence electrons. The van der Waals surface area contributed by atoms with Crippen molar-refractivity contribution in [3.63, 3.8) is 0 Å². The van der Waals surface area contributed by atoms with Crippen LogP contribution in [0.5, 0.6) is 0 Å². The number of nitrogens with zero attached hydrogens (tertiary/aromatic N) is 1. The maximum absolute atomic E-state index is 4.17. The molecule has 1 saturated heterocycles. The van der Waals surface area contributed by atoms with Crippen molar-refractivity contribution >= 4 is 0 Å². The molecule has 0 spiro atoms. The van der Waals surface area contributed by atoms with Crippen LogP contribution in [-0.2, 0) is 0 Å². The highest BCUT2D eigenvalue weighted by atomic mass is 15.0. The average molecular weight is 205 g/mol. The monoisotopic (exact) mass is 205 g/mol. The van der Waals surface area contributed by atoms with E-state index >= 15 is 0 Å². The van der Waals surface area contributed by atoms with Crippen LogP contribution in [0.2, 0.25) is 0 Å². The predicted molar refractivity (Wildman–Crippen MR) is 61.7 cm³/mol. The van der Waals surface area contributed by atoms with Gasteiger partial charge >= 0.3 is 0 Å². The highest BCUT2D eigenvalue weighted by molar-refractivity contribution is 5.14. The highest BCUT2D eigenvalue weighted by Crippen LogP contribution is 2.20. The number of hydrogen-bond acceptors (Lipinski definition) is 3. The van der Waals surface area contributed by atoms with Gasteiger partial charge in [0.25, 0.3) is 0 Å². The van der Waals surface area contributed by atoms with E-state index < -0.39 is 0 Å². The Kier molecular flexibility index (Phi) is 3.69. The quantitative estimate of drug-likeness (QED) is 0.782. The molecule has 2 heterocycles. The van der Waals surface area contributed by atoms with E-state index in [9.17, 15) is 0 Å². The van der Waals surface area contributed by atoms with Gasteiger partial charge in [-0.1, -0.05) is 6.07 Å². The van der Waals surface area contributed by atoms with Crippen LogP contribution in [0.1, 0.15) is 30.9 Å². The molecule has 0 bridgehead atoms. The first kappa shape index (κ1) is 10.6. The SMILES string of the molecule is CNC(CC1CCCN1)c1cccnc1. The van der Waals surface area contributed by atoms with E-state index in [-0.39, 0.29) is 0 Å². The standard InChI is InChI=1S/C12H19N3/c1-13-12(8-11-5-3-7-15-11)10-4-2-6-14-9-10/h2,4,6,9,11-13,15H,3,5,7-8H2,1H3. The molecule has 0 aromatic carbocycles. The lowest BCUT2D eigenvalue weighted by Gasteiger charge is -2.20. The molecule has 1 aromatic heterocycles. The van der Waals surface area contributed by atoms with Crippen LogP contribution in [0.3, 0.4) is 0 Å². The molecule has 2 N–H and O–H groups in total. The Morgan fingerprint density at radius 1 is 1.67 bits per heavy atom. The fraction of sp³-hybridized carbons (Fsp3) is 0.583. The topological polar surface area (TPSA) is 37.0 Å².